The number of anilines is 1. The molecule has 1 fully saturated rings. The van der Waals surface area contributed by atoms with E-state index in [9.17, 15) is 14.4 Å². The van der Waals surface area contributed by atoms with Crippen molar-refractivity contribution in [2.45, 2.75) is 6.92 Å². The molecule has 2 N–H and O–H groups in total. The maximum atomic E-state index is 12.6. The highest BCUT2D eigenvalue weighted by atomic mass is 16.3. The number of furan rings is 1. The lowest BCUT2D eigenvalue weighted by Gasteiger charge is -2.12. The summed E-state index contributed by atoms with van der Waals surface area (Å²) in [4.78, 5) is 38.0. The summed E-state index contributed by atoms with van der Waals surface area (Å²) in [6.45, 7) is 1.48. The number of rotatable bonds is 5. The van der Waals surface area contributed by atoms with Crippen LogP contribution in [0, 0.1) is 18.3 Å². The minimum absolute atomic E-state index is 0.0130. The molecule has 158 valence electrons. The highest BCUT2D eigenvalue weighted by Gasteiger charge is 2.35. The van der Waals surface area contributed by atoms with Crippen molar-refractivity contribution in [3.8, 4) is 17.4 Å². The molecule has 2 aromatic carbocycles. The van der Waals surface area contributed by atoms with Gasteiger partial charge in [0.05, 0.1) is 11.6 Å². The molecule has 8 heteroatoms. The second-order valence-electron chi connectivity index (χ2n) is 7.19. The van der Waals surface area contributed by atoms with Crippen LogP contribution in [0.2, 0.25) is 0 Å². The summed E-state index contributed by atoms with van der Waals surface area (Å²) in [6.07, 6.45) is 1.41. The van der Waals surface area contributed by atoms with E-state index in [1.54, 1.807) is 54.6 Å². The van der Waals surface area contributed by atoms with Gasteiger partial charge in [-0.15, -0.1) is 0 Å². The van der Waals surface area contributed by atoms with E-state index in [4.69, 9.17) is 9.68 Å². The first-order valence-electron chi connectivity index (χ1n) is 9.74. The zero-order chi connectivity index (χ0) is 22.7. The van der Waals surface area contributed by atoms with E-state index in [0.29, 0.717) is 22.8 Å². The molecule has 1 aliphatic rings. The molecule has 8 nitrogen and oxygen atoms in total. The van der Waals surface area contributed by atoms with Crippen LogP contribution in [-0.4, -0.2) is 29.3 Å². The summed E-state index contributed by atoms with van der Waals surface area (Å²) < 4.78 is 5.73. The Kier molecular flexibility index (Phi) is 5.55. The summed E-state index contributed by atoms with van der Waals surface area (Å²) in [5.41, 5.74) is 2.88. The minimum atomic E-state index is -0.681. The fraction of sp³-hybridized carbons (Fsp3) is 0.0833. The lowest BCUT2D eigenvalue weighted by molar-refractivity contribution is -0.127. The molecule has 0 bridgehead atoms. The van der Waals surface area contributed by atoms with Gasteiger partial charge in [-0.05, 0) is 61.0 Å². The number of benzene rings is 2. The SMILES string of the molecule is Cc1cccc(NC(=O)CN2C(=O)N/C(=C\c3ccc(-c4ccc(C#N)cc4)o3)C2=O)c1. The molecule has 0 unspecified atom stereocenters. The van der Waals surface area contributed by atoms with Crippen molar-refractivity contribution in [3.05, 3.63) is 83.2 Å². The van der Waals surface area contributed by atoms with Crippen LogP contribution in [0.4, 0.5) is 10.5 Å². The molecule has 0 aliphatic carbocycles. The number of hydrogen-bond acceptors (Lipinski definition) is 5. The number of carbonyl (C=O) groups excluding carboxylic acids is 3. The number of nitrogens with one attached hydrogen (secondary N) is 2. The predicted octanol–water partition coefficient (Wildman–Crippen LogP) is 3.66. The molecule has 3 aromatic rings. The van der Waals surface area contributed by atoms with Crippen LogP contribution in [0.3, 0.4) is 0 Å². The van der Waals surface area contributed by atoms with E-state index < -0.39 is 24.4 Å². The van der Waals surface area contributed by atoms with Crippen LogP contribution >= 0.6 is 0 Å². The molecule has 1 aromatic heterocycles. The Morgan fingerprint density at radius 1 is 1.16 bits per heavy atom. The first-order valence-corrected chi connectivity index (χ1v) is 9.74. The molecular formula is C24H18N4O4. The summed E-state index contributed by atoms with van der Waals surface area (Å²) in [6, 6.07) is 18.8. The molecule has 0 atom stereocenters. The van der Waals surface area contributed by atoms with Gasteiger partial charge in [0.2, 0.25) is 5.91 Å². The second-order valence-corrected chi connectivity index (χ2v) is 7.19. The Balaban J connectivity index is 1.44. The van der Waals surface area contributed by atoms with Crippen molar-refractivity contribution in [1.82, 2.24) is 10.2 Å². The van der Waals surface area contributed by atoms with Gasteiger partial charge >= 0.3 is 6.03 Å². The third-order valence-electron chi connectivity index (χ3n) is 4.78. The van der Waals surface area contributed by atoms with Crippen LogP contribution in [0.5, 0.6) is 0 Å². The fourth-order valence-electron chi connectivity index (χ4n) is 3.22. The van der Waals surface area contributed by atoms with Gasteiger partial charge in [-0.3, -0.25) is 9.59 Å². The molecule has 4 rings (SSSR count). The van der Waals surface area contributed by atoms with Gasteiger partial charge in [-0.25, -0.2) is 9.69 Å². The van der Waals surface area contributed by atoms with Crippen molar-refractivity contribution < 1.29 is 18.8 Å². The molecule has 32 heavy (non-hydrogen) atoms. The number of nitrogens with zero attached hydrogens (tertiary/aromatic N) is 2. The highest BCUT2D eigenvalue weighted by molar-refractivity contribution is 6.15. The summed E-state index contributed by atoms with van der Waals surface area (Å²) in [5.74, 6) is -0.196. The standard InChI is InChI=1S/C24H18N4O4/c1-15-3-2-4-18(11-15)26-22(29)14-28-23(30)20(27-24(28)31)12-19-9-10-21(32-19)17-7-5-16(13-25)6-8-17/h2-12H,14H2,1H3,(H,26,29)(H,27,31)/b20-12-. The average Bonchev–Trinajstić information content (AvgIpc) is 3.34. The lowest BCUT2D eigenvalue weighted by atomic mass is 10.1. The van der Waals surface area contributed by atoms with Crippen LogP contribution in [0.1, 0.15) is 16.9 Å². The normalized spacial score (nSPS) is 14.4. The number of nitriles is 1. The van der Waals surface area contributed by atoms with E-state index in [1.165, 1.54) is 6.08 Å². The summed E-state index contributed by atoms with van der Waals surface area (Å²) in [5, 5.41) is 14.0. The van der Waals surface area contributed by atoms with Gasteiger partial charge in [0.1, 0.15) is 23.8 Å². The molecule has 0 saturated carbocycles. The Hall–Kier alpha value is -4.64. The second kappa shape index (κ2) is 8.62. The number of amides is 4. The Morgan fingerprint density at radius 2 is 1.94 bits per heavy atom. The largest absolute Gasteiger partial charge is 0.457 e. The minimum Gasteiger partial charge on any atom is -0.457 e. The Bertz CT molecular complexity index is 1280. The molecule has 4 amide bonds. The van der Waals surface area contributed by atoms with Crippen molar-refractivity contribution in [1.29, 1.82) is 5.26 Å². The van der Waals surface area contributed by atoms with E-state index in [2.05, 4.69) is 16.7 Å². The molecule has 1 aliphatic heterocycles. The maximum absolute atomic E-state index is 12.6. The van der Waals surface area contributed by atoms with Gasteiger partial charge < -0.3 is 15.1 Å². The monoisotopic (exact) mass is 426 g/mol. The van der Waals surface area contributed by atoms with Gasteiger partial charge in [-0.2, -0.15) is 5.26 Å². The van der Waals surface area contributed by atoms with Gasteiger partial charge in [-0.1, -0.05) is 12.1 Å². The first-order chi connectivity index (χ1) is 15.4. The van der Waals surface area contributed by atoms with Crippen LogP contribution in [0.25, 0.3) is 17.4 Å². The Labute approximate surface area is 183 Å². The molecule has 1 saturated heterocycles. The zero-order valence-corrected chi connectivity index (χ0v) is 17.1. The topological polar surface area (TPSA) is 115 Å². The van der Waals surface area contributed by atoms with Crippen molar-refractivity contribution >= 4 is 29.6 Å². The van der Waals surface area contributed by atoms with Crippen molar-refractivity contribution in [2.24, 2.45) is 0 Å². The first kappa shape index (κ1) is 20.6. The number of urea groups is 1. The average molecular weight is 426 g/mol. The zero-order valence-electron chi connectivity index (χ0n) is 17.1. The third-order valence-corrected chi connectivity index (χ3v) is 4.78. The van der Waals surface area contributed by atoms with Crippen LogP contribution in [0.15, 0.2) is 70.8 Å². The summed E-state index contributed by atoms with van der Waals surface area (Å²) in [7, 11) is 0. The summed E-state index contributed by atoms with van der Waals surface area (Å²) >= 11 is 0. The quantitative estimate of drug-likeness (QED) is 0.477. The third kappa shape index (κ3) is 4.42. The molecular weight excluding hydrogens is 408 g/mol. The highest BCUT2D eigenvalue weighted by Crippen LogP contribution is 2.24. The smallest absolute Gasteiger partial charge is 0.329 e. The van der Waals surface area contributed by atoms with E-state index in [0.717, 1.165) is 16.0 Å². The predicted molar refractivity (Wildman–Crippen MR) is 117 cm³/mol. The van der Waals surface area contributed by atoms with E-state index >= 15 is 0 Å². The van der Waals surface area contributed by atoms with E-state index in [1.807, 2.05) is 13.0 Å². The fourth-order valence-corrected chi connectivity index (χ4v) is 3.22. The van der Waals surface area contributed by atoms with Crippen molar-refractivity contribution in [3.63, 3.8) is 0 Å². The van der Waals surface area contributed by atoms with Crippen LogP contribution in [-0.2, 0) is 9.59 Å². The lowest BCUT2D eigenvalue weighted by Crippen LogP contribution is -2.38. The van der Waals surface area contributed by atoms with Gasteiger partial charge in [0, 0.05) is 17.3 Å². The molecule has 0 radical (unpaired) electrons. The van der Waals surface area contributed by atoms with E-state index in [-0.39, 0.29) is 5.70 Å². The van der Waals surface area contributed by atoms with Gasteiger partial charge in [0.15, 0.2) is 0 Å². The van der Waals surface area contributed by atoms with Crippen LogP contribution < -0.4 is 10.6 Å². The number of hydrogen-bond donors (Lipinski definition) is 2. The number of aryl methyl sites for hydroxylation is 1. The maximum Gasteiger partial charge on any atom is 0.329 e. The Morgan fingerprint density at radius 3 is 2.66 bits per heavy atom. The molecule has 0 spiro atoms. The van der Waals surface area contributed by atoms with Gasteiger partial charge in [0.25, 0.3) is 5.91 Å². The van der Waals surface area contributed by atoms with Crippen molar-refractivity contribution in [2.75, 3.05) is 11.9 Å². The number of imide groups is 1. The number of carbonyl (C=O) groups is 3. The molecule has 2 heterocycles.